The molecule has 6 aromatic carbocycles. The van der Waals surface area contributed by atoms with Crippen LogP contribution in [0.3, 0.4) is 0 Å². The topological polar surface area (TPSA) is 50.9 Å². The van der Waals surface area contributed by atoms with E-state index in [9.17, 15) is 5.11 Å². The maximum Gasteiger partial charge on any atom is 0.148 e. The minimum Gasteiger partial charge on any atom is -0.507 e. The molecule has 1 N–H and O–H groups in total. The summed E-state index contributed by atoms with van der Waals surface area (Å²) in [6.07, 6.45) is 2.34. The third-order valence-electron chi connectivity index (χ3n) is 11.2. The second kappa shape index (κ2) is 16.5. The molecule has 0 unspecified atom stereocenters. The molecule has 0 amide bonds. The fourth-order valence-electron chi connectivity index (χ4n) is 7.27. The van der Waals surface area contributed by atoms with Gasteiger partial charge in [0.2, 0.25) is 0 Å². The van der Waals surface area contributed by atoms with Crippen LogP contribution in [0.25, 0.3) is 72.7 Å². The minimum absolute atomic E-state index is 0. The Morgan fingerprint density at radius 1 is 0.650 bits per heavy atom. The van der Waals surface area contributed by atoms with Gasteiger partial charge in [-0.2, -0.15) is 0 Å². The number of nitrogens with zero attached hydrogens (tertiary/aromatic N) is 3. The van der Waals surface area contributed by atoms with E-state index in [4.69, 9.17) is 22.8 Å². The van der Waals surface area contributed by atoms with Crippen molar-refractivity contribution in [2.75, 3.05) is 0 Å². The molecule has 0 aliphatic heterocycles. The zero-order valence-corrected chi connectivity index (χ0v) is 36.6. The number of phenolic OH excluding ortho intramolecular Hbond substituents is 1. The number of para-hydroxylation sites is 2. The summed E-state index contributed by atoms with van der Waals surface area (Å²) in [7, 11) is 0. The normalized spacial score (nSPS) is 15.9. The van der Waals surface area contributed by atoms with Crippen molar-refractivity contribution in [1.29, 1.82) is 0 Å². The first-order valence-electron chi connectivity index (χ1n) is 26.2. The van der Waals surface area contributed by atoms with Crippen molar-refractivity contribution in [3.05, 3.63) is 168 Å². The van der Waals surface area contributed by atoms with Crippen LogP contribution in [-0.2, 0) is 37.3 Å². The summed E-state index contributed by atoms with van der Waals surface area (Å²) in [6.45, 7) is 1.39. The van der Waals surface area contributed by atoms with Crippen molar-refractivity contribution >= 4 is 11.0 Å². The molecule has 0 spiro atoms. The van der Waals surface area contributed by atoms with E-state index in [1.54, 1.807) is 12.1 Å². The van der Waals surface area contributed by atoms with E-state index < -0.39 is 61.1 Å². The van der Waals surface area contributed by atoms with Crippen molar-refractivity contribution in [2.24, 2.45) is 0 Å². The van der Waals surface area contributed by atoms with Gasteiger partial charge < -0.3 is 5.11 Å². The number of pyridine rings is 1. The van der Waals surface area contributed by atoms with Crippen LogP contribution >= 0.6 is 0 Å². The summed E-state index contributed by atoms with van der Waals surface area (Å²) in [5.41, 5.74) is 3.26. The fourth-order valence-corrected chi connectivity index (χ4v) is 7.27. The molecule has 0 atom stereocenters. The largest absolute Gasteiger partial charge is 0.507 e. The number of phenols is 1. The molecule has 0 radical (unpaired) electrons. The standard InChI is InChI=1S/C55H54N3O.Pt/c1-10-55(8,9)42-27-28-48(46(35-42)37-17-12-11-13-18-37)58-49-21-16-20-44(51(49)57-52(58)45-19-14-15-22-50(45)59)39-31-40(33-43(32-39)54(5,6)7)47-34-38(29-30-56-47)36-23-25-41(26-24-36)53(2,3)4;/h11-30,32-35,59H,10H2,1-9H3;/q-1;/i2D3,3D3,4D3,23D,24D,25D,26D;. The molecular formula is C55H54N3OPt-. The molecule has 8 aromatic rings. The Balaban J connectivity index is 0.00000780. The molecule has 0 aliphatic carbocycles. The van der Waals surface area contributed by atoms with E-state index in [1.807, 2.05) is 60.7 Å². The van der Waals surface area contributed by atoms with Crippen molar-refractivity contribution in [3.8, 4) is 67.5 Å². The van der Waals surface area contributed by atoms with Gasteiger partial charge in [0, 0.05) is 50.9 Å². The monoisotopic (exact) mass is 980 g/mol. The summed E-state index contributed by atoms with van der Waals surface area (Å²) in [5.74, 6) is 0.564. The Morgan fingerprint density at radius 2 is 1.35 bits per heavy atom. The van der Waals surface area contributed by atoms with Crippen LogP contribution in [0.4, 0.5) is 0 Å². The smallest absolute Gasteiger partial charge is 0.148 e. The van der Waals surface area contributed by atoms with E-state index in [2.05, 4.69) is 87.5 Å². The number of imidazole rings is 1. The number of hydrogen-bond donors (Lipinski definition) is 1. The van der Waals surface area contributed by atoms with E-state index in [1.165, 1.54) is 23.9 Å². The molecule has 4 nitrogen and oxygen atoms in total. The van der Waals surface area contributed by atoms with Gasteiger partial charge in [-0.15, -0.1) is 29.3 Å². The molecule has 0 saturated heterocycles. The summed E-state index contributed by atoms with van der Waals surface area (Å²) in [4.78, 5) is 10.0. The van der Waals surface area contributed by atoms with Crippen LogP contribution in [0.1, 0.15) is 103 Å². The summed E-state index contributed by atoms with van der Waals surface area (Å²) >= 11 is 0. The molecule has 0 bridgehead atoms. The van der Waals surface area contributed by atoms with Gasteiger partial charge in [0.05, 0.1) is 27.8 Å². The maximum absolute atomic E-state index is 11.4. The van der Waals surface area contributed by atoms with Crippen molar-refractivity contribution in [1.82, 2.24) is 14.5 Å². The first-order valence-corrected chi connectivity index (χ1v) is 19.7. The Morgan fingerprint density at radius 3 is 2.05 bits per heavy atom. The van der Waals surface area contributed by atoms with Crippen LogP contribution < -0.4 is 0 Å². The van der Waals surface area contributed by atoms with E-state index in [0.717, 1.165) is 34.3 Å². The Kier molecular flexibility index (Phi) is 7.91. The van der Waals surface area contributed by atoms with Gasteiger partial charge >= 0.3 is 0 Å². The molecule has 0 aliphatic rings. The summed E-state index contributed by atoms with van der Waals surface area (Å²) in [5, 5.41) is 11.4. The number of rotatable bonds is 8. The van der Waals surface area contributed by atoms with Crippen LogP contribution in [-0.4, -0.2) is 19.6 Å². The number of aromatic nitrogens is 3. The molecule has 5 heteroatoms. The maximum atomic E-state index is 11.4. The van der Waals surface area contributed by atoms with Crippen molar-refractivity contribution in [3.63, 3.8) is 0 Å². The molecule has 0 saturated carbocycles. The third-order valence-corrected chi connectivity index (χ3v) is 11.2. The Labute approximate surface area is 389 Å². The molecule has 60 heavy (non-hydrogen) atoms. The van der Waals surface area contributed by atoms with Gasteiger partial charge in [-0.05, 0) is 86.9 Å². The number of aromatic hydroxyl groups is 1. The SMILES string of the molecule is [2H]c1c([2H])c(C(C([2H])([2H])[2H])(C([2H])([2H])[2H])C([2H])([2H])[2H])c([2H])c([2H])c1-c1ccnc(-c2[c-]c(-c3cccc4c3nc(-c3ccccc3O)n4-c3ccc(C(C)(C)CC)cc3-c3ccccc3)cc(C(C)(C)C)c2)c1.[Pt]. The van der Waals surface area contributed by atoms with Gasteiger partial charge in [0.15, 0.2) is 0 Å². The second-order valence-electron chi connectivity index (χ2n) is 16.7. The number of fused-ring (bicyclic) bond motifs is 1. The predicted octanol–water partition coefficient (Wildman–Crippen LogP) is 14.5. The van der Waals surface area contributed by atoms with Crippen LogP contribution in [0.2, 0.25) is 0 Å². The zero-order valence-electron chi connectivity index (χ0n) is 47.4. The van der Waals surface area contributed by atoms with E-state index >= 15 is 0 Å². The van der Waals surface area contributed by atoms with Gasteiger partial charge in [-0.3, -0.25) is 9.55 Å². The fraction of sp³-hybridized carbons (Fsp3) is 0.236. The average Bonchev–Trinajstić information content (AvgIpc) is 3.70. The second-order valence-corrected chi connectivity index (χ2v) is 16.7. The number of benzene rings is 6. The summed E-state index contributed by atoms with van der Waals surface area (Å²) in [6, 6.07) is 36.3. The zero-order chi connectivity index (χ0) is 52.7. The predicted molar refractivity (Wildman–Crippen MR) is 247 cm³/mol. The molecule has 306 valence electrons. The Hall–Kier alpha value is -5.57. The molecule has 0 fully saturated rings. The first-order chi connectivity index (χ1) is 33.5. The van der Waals surface area contributed by atoms with Crippen molar-refractivity contribution < 1.29 is 44.0 Å². The quantitative estimate of drug-likeness (QED) is 0.154. The van der Waals surface area contributed by atoms with Crippen LogP contribution in [0, 0.1) is 6.07 Å². The molecular weight excluding hydrogens is 914 g/mol. The van der Waals surface area contributed by atoms with Gasteiger partial charge in [0.1, 0.15) is 11.6 Å². The molecule has 8 rings (SSSR count). The van der Waals surface area contributed by atoms with Crippen molar-refractivity contribution in [2.45, 2.75) is 84.8 Å². The first kappa shape index (κ1) is 28.8. The van der Waals surface area contributed by atoms with E-state index in [-0.39, 0.29) is 43.4 Å². The van der Waals surface area contributed by atoms with Crippen LogP contribution in [0.15, 0.2) is 146 Å². The third kappa shape index (κ3) is 8.28. The Bertz CT molecular complexity index is 3320. The average molecular weight is 981 g/mol. The molecule has 2 heterocycles. The van der Waals surface area contributed by atoms with E-state index in [0.29, 0.717) is 39.3 Å². The van der Waals surface area contributed by atoms with Gasteiger partial charge in [0.25, 0.3) is 0 Å². The van der Waals surface area contributed by atoms with Gasteiger partial charge in [-0.25, -0.2) is 4.98 Å². The minimum atomic E-state index is -3.80. The van der Waals surface area contributed by atoms with Gasteiger partial charge in [-0.1, -0.05) is 164 Å². The number of hydrogen-bond acceptors (Lipinski definition) is 3. The summed E-state index contributed by atoms with van der Waals surface area (Å²) < 4.78 is 112. The van der Waals surface area contributed by atoms with Crippen LogP contribution in [0.5, 0.6) is 5.75 Å². The molecule has 2 aromatic heterocycles.